The normalized spacial score (nSPS) is 47.2. The molecule has 0 saturated heterocycles. The zero-order valence-electron chi connectivity index (χ0n) is 10.4. The number of hydrogen-bond donors (Lipinski definition) is 2. The van der Waals surface area contributed by atoms with Gasteiger partial charge in [0.05, 0.1) is 19.3 Å². The quantitative estimate of drug-likeness (QED) is 0.716. The Labute approximate surface area is 102 Å². The highest BCUT2D eigenvalue weighted by atomic mass is 16.5. The largest absolute Gasteiger partial charge is 0.468 e. The molecule has 4 nitrogen and oxygen atoms in total. The Morgan fingerprint density at radius 3 is 2.53 bits per heavy atom. The lowest BCUT2D eigenvalue weighted by Gasteiger charge is -2.60. The topological polar surface area (TPSA) is 58.6 Å². The first kappa shape index (κ1) is 11.5. The number of aliphatic hydroxyl groups is 1. The van der Waals surface area contributed by atoms with Gasteiger partial charge in [-0.2, -0.15) is 0 Å². The van der Waals surface area contributed by atoms with Gasteiger partial charge < -0.3 is 15.2 Å². The van der Waals surface area contributed by atoms with E-state index in [1.807, 2.05) is 0 Å². The Kier molecular flexibility index (Phi) is 2.49. The first-order chi connectivity index (χ1) is 8.03. The van der Waals surface area contributed by atoms with E-state index in [2.05, 4.69) is 10.1 Å². The zero-order valence-corrected chi connectivity index (χ0v) is 10.4. The molecule has 0 aromatic heterocycles. The van der Waals surface area contributed by atoms with E-state index in [1.165, 1.54) is 13.5 Å². The first-order valence-corrected chi connectivity index (χ1v) is 6.57. The highest BCUT2D eigenvalue weighted by Crippen LogP contribution is 2.57. The van der Waals surface area contributed by atoms with Crippen molar-refractivity contribution in [3.05, 3.63) is 0 Å². The van der Waals surface area contributed by atoms with Crippen molar-refractivity contribution in [1.29, 1.82) is 0 Å². The molecule has 2 unspecified atom stereocenters. The molecular formula is C13H21NO3. The summed E-state index contributed by atoms with van der Waals surface area (Å²) >= 11 is 0. The second kappa shape index (κ2) is 3.69. The Hall–Kier alpha value is -0.610. The molecule has 2 N–H and O–H groups in total. The van der Waals surface area contributed by atoms with Crippen molar-refractivity contribution in [2.75, 3.05) is 13.7 Å². The summed E-state index contributed by atoms with van der Waals surface area (Å²) in [4.78, 5) is 11.2. The maximum atomic E-state index is 11.2. The number of carbonyl (C=O) groups is 1. The van der Waals surface area contributed by atoms with Gasteiger partial charge in [-0.05, 0) is 50.4 Å². The highest BCUT2D eigenvalue weighted by Gasteiger charge is 2.56. The summed E-state index contributed by atoms with van der Waals surface area (Å²) in [6.45, 7) is 0.270. The van der Waals surface area contributed by atoms with E-state index < -0.39 is 5.60 Å². The fraction of sp³-hybridized carbons (Fsp3) is 0.923. The average molecular weight is 239 g/mol. The molecule has 4 aliphatic rings. The molecule has 0 amide bonds. The lowest BCUT2D eigenvalue weighted by Crippen LogP contribution is -2.65. The van der Waals surface area contributed by atoms with Gasteiger partial charge in [0.1, 0.15) is 0 Å². The number of rotatable bonds is 3. The number of ether oxygens (including phenoxy) is 1. The van der Waals surface area contributed by atoms with Gasteiger partial charge in [0, 0.05) is 5.54 Å². The van der Waals surface area contributed by atoms with Crippen LogP contribution in [-0.2, 0) is 9.53 Å². The summed E-state index contributed by atoms with van der Waals surface area (Å²) in [5, 5.41) is 13.9. The molecule has 0 aliphatic heterocycles. The third-order valence-electron chi connectivity index (χ3n) is 4.87. The lowest BCUT2D eigenvalue weighted by molar-refractivity contribution is -0.150. The average Bonchev–Trinajstić information content (AvgIpc) is 2.22. The molecule has 4 saturated carbocycles. The molecule has 96 valence electrons. The third kappa shape index (κ3) is 1.97. The SMILES string of the molecule is COC(=O)CNC12CC3CC(CC(O)(C3)C1)C2. The lowest BCUT2D eigenvalue weighted by atomic mass is 9.51. The van der Waals surface area contributed by atoms with Crippen molar-refractivity contribution in [2.45, 2.75) is 49.7 Å². The molecule has 4 aliphatic carbocycles. The summed E-state index contributed by atoms with van der Waals surface area (Å²) < 4.78 is 4.67. The molecule has 4 rings (SSSR count). The van der Waals surface area contributed by atoms with Gasteiger partial charge in [0.15, 0.2) is 0 Å². The summed E-state index contributed by atoms with van der Waals surface area (Å²) in [5.41, 5.74) is -0.472. The molecule has 4 heteroatoms. The molecule has 17 heavy (non-hydrogen) atoms. The molecule has 0 aromatic rings. The minimum absolute atomic E-state index is 0.00692. The van der Waals surface area contributed by atoms with Gasteiger partial charge in [-0.15, -0.1) is 0 Å². The second-order valence-electron chi connectivity index (χ2n) is 6.40. The number of esters is 1. The second-order valence-corrected chi connectivity index (χ2v) is 6.40. The fourth-order valence-electron chi connectivity index (χ4n) is 4.75. The van der Waals surface area contributed by atoms with Crippen molar-refractivity contribution in [3.63, 3.8) is 0 Å². The minimum atomic E-state index is -0.465. The summed E-state index contributed by atoms with van der Waals surface area (Å²) in [6, 6.07) is 0. The summed E-state index contributed by atoms with van der Waals surface area (Å²) in [6.07, 6.45) is 6.23. The maximum Gasteiger partial charge on any atom is 0.319 e. The van der Waals surface area contributed by atoms with Crippen LogP contribution < -0.4 is 5.32 Å². The van der Waals surface area contributed by atoms with E-state index in [0.717, 1.165) is 32.1 Å². The Morgan fingerprint density at radius 1 is 1.35 bits per heavy atom. The van der Waals surface area contributed by atoms with E-state index in [0.29, 0.717) is 11.8 Å². The first-order valence-electron chi connectivity index (χ1n) is 6.57. The zero-order chi connectivity index (χ0) is 12.1. The molecule has 0 spiro atoms. The third-order valence-corrected chi connectivity index (χ3v) is 4.87. The number of carbonyl (C=O) groups excluding carboxylic acids is 1. The van der Waals surface area contributed by atoms with Crippen molar-refractivity contribution in [2.24, 2.45) is 11.8 Å². The standard InChI is InChI=1S/C13H21NO3/c1-17-11(15)7-14-12-3-9-2-10(4-12)6-13(16,5-9)8-12/h9-10,14,16H,2-8H2,1H3. The summed E-state index contributed by atoms with van der Waals surface area (Å²) in [5.74, 6) is 1.07. The molecule has 0 heterocycles. The fourth-order valence-corrected chi connectivity index (χ4v) is 4.75. The summed E-state index contributed by atoms with van der Waals surface area (Å²) in [7, 11) is 1.41. The van der Waals surface area contributed by atoms with E-state index in [1.54, 1.807) is 0 Å². The Balaban J connectivity index is 1.72. The van der Waals surface area contributed by atoms with Crippen molar-refractivity contribution >= 4 is 5.97 Å². The number of methoxy groups -OCH3 is 1. The van der Waals surface area contributed by atoms with Crippen molar-refractivity contribution in [3.8, 4) is 0 Å². The van der Waals surface area contributed by atoms with E-state index in [9.17, 15) is 9.90 Å². The molecular weight excluding hydrogens is 218 g/mol. The van der Waals surface area contributed by atoms with Crippen molar-refractivity contribution in [1.82, 2.24) is 5.32 Å². The van der Waals surface area contributed by atoms with Crippen LogP contribution in [0.1, 0.15) is 38.5 Å². The van der Waals surface area contributed by atoms with E-state index in [4.69, 9.17) is 0 Å². The van der Waals surface area contributed by atoms with Crippen LogP contribution in [0.5, 0.6) is 0 Å². The van der Waals surface area contributed by atoms with E-state index >= 15 is 0 Å². The van der Waals surface area contributed by atoms with Crippen LogP contribution in [0.25, 0.3) is 0 Å². The molecule has 4 bridgehead atoms. The van der Waals surface area contributed by atoms with Gasteiger partial charge >= 0.3 is 5.97 Å². The number of hydrogen-bond acceptors (Lipinski definition) is 4. The van der Waals surface area contributed by atoms with Gasteiger partial charge in [-0.3, -0.25) is 4.79 Å². The van der Waals surface area contributed by atoms with Crippen LogP contribution in [0.2, 0.25) is 0 Å². The van der Waals surface area contributed by atoms with Crippen LogP contribution in [0, 0.1) is 11.8 Å². The predicted molar refractivity (Wildman–Crippen MR) is 62.4 cm³/mol. The van der Waals surface area contributed by atoms with Crippen LogP contribution in [-0.4, -0.2) is 35.9 Å². The van der Waals surface area contributed by atoms with Gasteiger partial charge in [0.2, 0.25) is 0 Å². The highest BCUT2D eigenvalue weighted by molar-refractivity contribution is 5.71. The monoisotopic (exact) mass is 239 g/mol. The van der Waals surface area contributed by atoms with Crippen LogP contribution in [0.3, 0.4) is 0 Å². The van der Waals surface area contributed by atoms with Crippen LogP contribution >= 0.6 is 0 Å². The van der Waals surface area contributed by atoms with Crippen LogP contribution in [0.15, 0.2) is 0 Å². The smallest absolute Gasteiger partial charge is 0.319 e. The minimum Gasteiger partial charge on any atom is -0.468 e. The molecule has 0 radical (unpaired) electrons. The Morgan fingerprint density at radius 2 is 2.00 bits per heavy atom. The van der Waals surface area contributed by atoms with Gasteiger partial charge in [0.25, 0.3) is 0 Å². The predicted octanol–water partition coefficient (Wildman–Crippen LogP) is 0.833. The maximum absolute atomic E-state index is 11.2. The van der Waals surface area contributed by atoms with Crippen molar-refractivity contribution < 1.29 is 14.6 Å². The Bertz CT molecular complexity index is 328. The van der Waals surface area contributed by atoms with Gasteiger partial charge in [-0.1, -0.05) is 0 Å². The molecule has 0 aromatic carbocycles. The number of nitrogens with one attached hydrogen (secondary N) is 1. The van der Waals surface area contributed by atoms with E-state index in [-0.39, 0.29) is 18.1 Å². The molecule has 2 atom stereocenters. The van der Waals surface area contributed by atoms with Crippen LogP contribution in [0.4, 0.5) is 0 Å². The molecule has 4 fully saturated rings. The van der Waals surface area contributed by atoms with Gasteiger partial charge in [-0.25, -0.2) is 0 Å².